The number of likely N-dealkylation sites (tertiary alicyclic amines) is 1. The van der Waals surface area contributed by atoms with Crippen molar-refractivity contribution >= 4 is 34.7 Å². The van der Waals surface area contributed by atoms with E-state index >= 15 is 0 Å². The normalized spacial score (nSPS) is 14.6. The number of hydrogen-bond acceptors (Lipinski definition) is 6. The average molecular weight is 594 g/mol. The van der Waals surface area contributed by atoms with E-state index < -0.39 is 5.92 Å². The zero-order chi connectivity index (χ0) is 30.7. The second-order valence-electron chi connectivity index (χ2n) is 10.7. The molecule has 3 aromatic heterocycles. The van der Waals surface area contributed by atoms with E-state index in [4.69, 9.17) is 10.2 Å². The first-order valence-corrected chi connectivity index (χ1v) is 14.2. The molecule has 0 unspecified atom stereocenters. The molecule has 5 aromatic rings. The maximum atomic E-state index is 13.6. The molecule has 44 heavy (non-hydrogen) atoms. The zero-order valence-electron chi connectivity index (χ0n) is 23.7. The topological polar surface area (TPSA) is 114 Å². The van der Waals surface area contributed by atoms with E-state index in [0.717, 1.165) is 33.2 Å². The number of halogens is 2. The Bertz CT molecular complexity index is 1830. The molecular formula is C34H29F2N5O3. The summed E-state index contributed by atoms with van der Waals surface area (Å²) in [5, 5.41) is 3.69. The number of anilines is 1. The van der Waals surface area contributed by atoms with Crippen LogP contribution in [0.1, 0.15) is 34.5 Å². The van der Waals surface area contributed by atoms with E-state index in [1.54, 1.807) is 48.9 Å². The average Bonchev–Trinajstić information content (AvgIpc) is 3.46. The van der Waals surface area contributed by atoms with E-state index in [0.29, 0.717) is 22.7 Å². The molecule has 0 bridgehead atoms. The standard InChI is InChI=1S/C34H29F2N5O3/c35-34(36)11-15-41(16-12-34)33(43)25-5-3-23(4-6-25)26-17-27-18-28(44-32(27)29(19-26)24-9-13-38-14-10-24)21-40-31(42)8-2-22-1-7-30(37)39-20-22/h1-10,13-14,17-20H,11-12,15-16,21H2,(H2,37,39)(H,40,42). The minimum absolute atomic E-state index is 0.0408. The molecule has 10 heteroatoms. The van der Waals surface area contributed by atoms with Crippen LogP contribution in [0.5, 0.6) is 0 Å². The number of nitrogen functional groups attached to an aromatic ring is 1. The van der Waals surface area contributed by atoms with E-state index in [9.17, 15) is 18.4 Å². The van der Waals surface area contributed by atoms with Gasteiger partial charge < -0.3 is 20.4 Å². The van der Waals surface area contributed by atoms with E-state index in [1.165, 1.54) is 11.0 Å². The van der Waals surface area contributed by atoms with Crippen LogP contribution in [0.4, 0.5) is 14.6 Å². The van der Waals surface area contributed by atoms with Gasteiger partial charge in [-0.1, -0.05) is 12.1 Å². The van der Waals surface area contributed by atoms with Crippen LogP contribution in [0.2, 0.25) is 0 Å². The van der Waals surface area contributed by atoms with E-state index in [1.807, 2.05) is 42.5 Å². The number of nitrogens with one attached hydrogen (secondary N) is 1. The summed E-state index contributed by atoms with van der Waals surface area (Å²) in [5.41, 5.74) is 11.0. The molecule has 0 aliphatic carbocycles. The van der Waals surface area contributed by atoms with Crippen molar-refractivity contribution in [1.29, 1.82) is 0 Å². The van der Waals surface area contributed by atoms with Crippen molar-refractivity contribution in [1.82, 2.24) is 20.2 Å². The van der Waals surface area contributed by atoms with Gasteiger partial charge in [0.15, 0.2) is 0 Å². The first kappa shape index (κ1) is 28.7. The second kappa shape index (κ2) is 12.1. The Morgan fingerprint density at radius 2 is 1.70 bits per heavy atom. The number of furan rings is 1. The number of piperidine rings is 1. The number of amides is 2. The van der Waals surface area contributed by atoms with Crippen LogP contribution >= 0.6 is 0 Å². The van der Waals surface area contributed by atoms with Crippen molar-refractivity contribution in [2.75, 3.05) is 18.8 Å². The molecule has 222 valence electrons. The summed E-state index contributed by atoms with van der Waals surface area (Å²) in [5.74, 6) is -2.26. The predicted molar refractivity (Wildman–Crippen MR) is 164 cm³/mol. The van der Waals surface area contributed by atoms with Gasteiger partial charge in [0.05, 0.1) is 6.54 Å². The number of hydrogen-bond donors (Lipinski definition) is 2. The molecule has 0 radical (unpaired) electrons. The third kappa shape index (κ3) is 6.49. The molecule has 1 aliphatic rings. The lowest BCUT2D eigenvalue weighted by Gasteiger charge is -2.31. The highest BCUT2D eigenvalue weighted by molar-refractivity contribution is 5.98. The van der Waals surface area contributed by atoms with Gasteiger partial charge in [0, 0.05) is 67.1 Å². The number of nitrogens with two attached hydrogens (primary N) is 1. The van der Waals surface area contributed by atoms with Crippen LogP contribution in [-0.2, 0) is 11.3 Å². The highest BCUT2D eigenvalue weighted by atomic mass is 19.3. The van der Waals surface area contributed by atoms with Gasteiger partial charge in [0.25, 0.3) is 11.8 Å². The van der Waals surface area contributed by atoms with Crippen molar-refractivity contribution < 1.29 is 22.8 Å². The Kier molecular flexibility index (Phi) is 7.89. The molecule has 2 amide bonds. The number of alkyl halides is 2. The lowest BCUT2D eigenvalue weighted by Crippen LogP contribution is -2.42. The second-order valence-corrected chi connectivity index (χ2v) is 10.7. The van der Waals surface area contributed by atoms with Gasteiger partial charge in [-0.05, 0) is 82.9 Å². The summed E-state index contributed by atoms with van der Waals surface area (Å²) in [6.45, 7) is 0.264. The van der Waals surface area contributed by atoms with Crippen molar-refractivity contribution in [3.63, 3.8) is 0 Å². The van der Waals surface area contributed by atoms with Gasteiger partial charge in [-0.2, -0.15) is 0 Å². The zero-order valence-corrected chi connectivity index (χ0v) is 23.7. The van der Waals surface area contributed by atoms with Gasteiger partial charge in [0.1, 0.15) is 17.2 Å². The molecule has 1 saturated heterocycles. The highest BCUT2D eigenvalue weighted by Gasteiger charge is 2.35. The fraction of sp³-hybridized carbons (Fsp3) is 0.176. The van der Waals surface area contributed by atoms with Gasteiger partial charge >= 0.3 is 0 Å². The fourth-order valence-corrected chi connectivity index (χ4v) is 5.15. The molecule has 8 nitrogen and oxygen atoms in total. The van der Waals surface area contributed by atoms with E-state index in [2.05, 4.69) is 15.3 Å². The monoisotopic (exact) mass is 593 g/mol. The van der Waals surface area contributed by atoms with Crippen LogP contribution in [-0.4, -0.2) is 45.7 Å². The number of rotatable bonds is 7. The van der Waals surface area contributed by atoms with Crippen molar-refractivity contribution in [2.24, 2.45) is 0 Å². The maximum Gasteiger partial charge on any atom is 0.253 e. The number of pyridine rings is 2. The Hall–Kier alpha value is -5.38. The number of aromatic nitrogens is 2. The van der Waals surface area contributed by atoms with Crippen molar-refractivity contribution in [2.45, 2.75) is 25.3 Å². The lowest BCUT2D eigenvalue weighted by atomic mass is 9.96. The van der Waals surface area contributed by atoms with Crippen LogP contribution in [0.15, 0.2) is 95.8 Å². The summed E-state index contributed by atoms with van der Waals surface area (Å²) in [7, 11) is 0. The Morgan fingerprint density at radius 3 is 2.41 bits per heavy atom. The number of nitrogens with zero attached hydrogens (tertiary/aromatic N) is 3. The quantitative estimate of drug-likeness (QED) is 0.213. The van der Waals surface area contributed by atoms with Gasteiger partial charge in [-0.25, -0.2) is 13.8 Å². The molecule has 0 spiro atoms. The number of benzene rings is 2. The van der Waals surface area contributed by atoms with E-state index in [-0.39, 0.29) is 44.3 Å². The minimum atomic E-state index is -2.71. The summed E-state index contributed by atoms with van der Waals surface area (Å²) in [6, 6.07) is 20.3. The van der Waals surface area contributed by atoms with Crippen molar-refractivity contribution in [3.05, 3.63) is 108 Å². The first-order chi connectivity index (χ1) is 21.2. The summed E-state index contributed by atoms with van der Waals surface area (Å²) < 4.78 is 33.3. The lowest BCUT2D eigenvalue weighted by molar-refractivity contribution is -0.116. The largest absolute Gasteiger partial charge is 0.459 e. The molecule has 4 heterocycles. The summed E-state index contributed by atoms with van der Waals surface area (Å²) >= 11 is 0. The molecule has 0 saturated carbocycles. The molecular weight excluding hydrogens is 564 g/mol. The molecule has 2 aromatic carbocycles. The van der Waals surface area contributed by atoms with Crippen LogP contribution in [0.25, 0.3) is 39.3 Å². The number of carbonyl (C=O) groups is 2. The predicted octanol–water partition coefficient (Wildman–Crippen LogP) is 6.34. The van der Waals surface area contributed by atoms with Gasteiger partial charge in [-0.15, -0.1) is 0 Å². The Balaban J connectivity index is 1.23. The Morgan fingerprint density at radius 1 is 0.955 bits per heavy atom. The maximum absolute atomic E-state index is 13.6. The smallest absolute Gasteiger partial charge is 0.253 e. The third-order valence-corrected chi connectivity index (χ3v) is 7.58. The Labute approximate surface area is 252 Å². The van der Waals surface area contributed by atoms with Gasteiger partial charge in [-0.3, -0.25) is 14.6 Å². The first-order valence-electron chi connectivity index (χ1n) is 14.2. The fourth-order valence-electron chi connectivity index (χ4n) is 5.15. The summed E-state index contributed by atoms with van der Waals surface area (Å²) in [6.07, 6.45) is 7.44. The molecule has 0 atom stereocenters. The summed E-state index contributed by atoms with van der Waals surface area (Å²) in [4.78, 5) is 35.0. The molecule has 1 aliphatic heterocycles. The van der Waals surface area contributed by atoms with Crippen LogP contribution in [0.3, 0.4) is 0 Å². The SMILES string of the molecule is Nc1ccc(C=CC(=O)NCc2cc3cc(-c4ccc(C(=O)N5CCC(F)(F)CC5)cc4)cc(-c4ccncc4)c3o2)cn1. The molecule has 1 fully saturated rings. The molecule has 3 N–H and O–H groups in total. The minimum Gasteiger partial charge on any atom is -0.459 e. The number of fused-ring (bicyclic) bond motifs is 1. The van der Waals surface area contributed by atoms with Crippen LogP contribution in [0, 0.1) is 0 Å². The number of carbonyl (C=O) groups excluding carboxylic acids is 2. The van der Waals surface area contributed by atoms with Crippen LogP contribution < -0.4 is 11.1 Å². The highest BCUT2D eigenvalue weighted by Crippen LogP contribution is 2.36. The van der Waals surface area contributed by atoms with Crippen molar-refractivity contribution in [3.8, 4) is 22.3 Å². The third-order valence-electron chi connectivity index (χ3n) is 7.58. The molecule has 6 rings (SSSR count). The van der Waals surface area contributed by atoms with Gasteiger partial charge in [0.2, 0.25) is 5.91 Å².